The third-order valence-electron chi connectivity index (χ3n) is 1.45. The second-order valence-electron chi connectivity index (χ2n) is 2.80. The highest BCUT2D eigenvalue weighted by Crippen LogP contribution is 2.09. The van der Waals surface area contributed by atoms with Crippen LogP contribution >= 0.6 is 0 Å². The molecule has 18 heavy (non-hydrogen) atoms. The van der Waals surface area contributed by atoms with Crippen LogP contribution in [0.1, 0.15) is 54.4 Å². The van der Waals surface area contributed by atoms with E-state index in [-0.39, 0.29) is 0 Å². The van der Waals surface area contributed by atoms with Gasteiger partial charge in [-0.3, -0.25) is 0 Å². The summed E-state index contributed by atoms with van der Waals surface area (Å²) < 4.78 is 0. The highest BCUT2D eigenvalue weighted by atomic mass is 14.0. The summed E-state index contributed by atoms with van der Waals surface area (Å²) in [6.07, 6.45) is 10.1. The first-order valence-corrected chi connectivity index (χ1v) is 6.85. The van der Waals surface area contributed by atoms with Gasteiger partial charge in [0.1, 0.15) is 0 Å². The Hall–Kier alpha value is -1.30. The van der Waals surface area contributed by atoms with E-state index in [0.717, 1.165) is 24.0 Å². The molecule has 0 amide bonds. The van der Waals surface area contributed by atoms with Crippen LogP contribution in [0.15, 0.2) is 61.8 Å². The first-order chi connectivity index (χ1) is 8.70. The second-order valence-corrected chi connectivity index (χ2v) is 2.80. The van der Waals surface area contributed by atoms with Crippen LogP contribution in [0, 0.1) is 0 Å². The summed E-state index contributed by atoms with van der Waals surface area (Å²) in [4.78, 5) is 0. The van der Waals surface area contributed by atoms with Gasteiger partial charge in [0.05, 0.1) is 0 Å². The lowest BCUT2D eigenvalue weighted by Gasteiger charge is -1.98. The molecule has 0 fully saturated rings. The summed E-state index contributed by atoms with van der Waals surface area (Å²) in [7, 11) is 0. The molecule has 0 radical (unpaired) electrons. The summed E-state index contributed by atoms with van der Waals surface area (Å²) in [6, 6.07) is 0. The normalized spacial score (nSPS) is 8.33. The molecule has 0 rings (SSSR count). The van der Waals surface area contributed by atoms with Crippen molar-refractivity contribution in [3.8, 4) is 0 Å². The third-order valence-corrected chi connectivity index (χ3v) is 1.45. The largest absolute Gasteiger partial charge is 0.106 e. The lowest BCUT2D eigenvalue weighted by atomic mass is 10.1. The molecule has 0 aliphatic rings. The van der Waals surface area contributed by atoms with Gasteiger partial charge in [-0.25, -0.2) is 0 Å². The number of hydrogen-bond donors (Lipinski definition) is 0. The molecular weight excluding hydrogens is 216 g/mol. The average molecular weight is 250 g/mol. The molecule has 0 aromatic carbocycles. The molecule has 0 nitrogen and oxygen atoms in total. The lowest BCUT2D eigenvalue weighted by Crippen LogP contribution is -1.78. The first-order valence-electron chi connectivity index (χ1n) is 6.85. The summed E-state index contributed by atoms with van der Waals surface area (Å²) in [5.74, 6) is 0. The molecule has 0 spiro atoms. The standard InChI is InChI=1S/C12H18.2C2H6.C2H4/c1-5-7-9-12(4)10-11(3)8-6-2;3*1-2/h6-9H,3-5,10H2,1-2H3;2*1-2H3;1-2H2/b8-6-,9-7-;;;. The van der Waals surface area contributed by atoms with Crippen molar-refractivity contribution in [1.29, 1.82) is 0 Å². The zero-order valence-electron chi connectivity index (χ0n) is 13.6. The predicted molar refractivity (Wildman–Crippen MR) is 91.1 cm³/mol. The molecule has 0 unspecified atom stereocenters. The Kier molecular flexibility index (Phi) is 42.0. The SMILES string of the molecule is C=C.C=C(/C=C\C)CC(=C)/C=C\CC.CC.CC. The van der Waals surface area contributed by atoms with Crippen molar-refractivity contribution in [1.82, 2.24) is 0 Å². The van der Waals surface area contributed by atoms with Gasteiger partial charge in [-0.2, -0.15) is 0 Å². The molecule has 0 aliphatic carbocycles. The highest BCUT2D eigenvalue weighted by Gasteiger charge is 1.89. The number of hydrogen-bond acceptors (Lipinski definition) is 0. The van der Waals surface area contributed by atoms with Crippen LogP contribution in [0.2, 0.25) is 0 Å². The average Bonchev–Trinajstić information content (AvgIpc) is 2.43. The van der Waals surface area contributed by atoms with Crippen LogP contribution in [0.5, 0.6) is 0 Å². The quantitative estimate of drug-likeness (QED) is 0.368. The molecule has 0 heteroatoms. The van der Waals surface area contributed by atoms with E-state index in [1.54, 1.807) is 0 Å². The minimum absolute atomic E-state index is 0.876. The fraction of sp³-hybridized carbons (Fsp3) is 0.444. The first kappa shape index (κ1) is 25.5. The Labute approximate surface area is 117 Å². The van der Waals surface area contributed by atoms with Crippen molar-refractivity contribution < 1.29 is 0 Å². The molecule has 0 saturated carbocycles. The summed E-state index contributed by atoms with van der Waals surface area (Å²) >= 11 is 0. The van der Waals surface area contributed by atoms with Crippen molar-refractivity contribution in [3.05, 3.63) is 61.8 Å². The molecule has 0 aromatic rings. The van der Waals surface area contributed by atoms with Crippen molar-refractivity contribution >= 4 is 0 Å². The molecule has 0 N–H and O–H groups in total. The Morgan fingerprint density at radius 2 is 1.28 bits per heavy atom. The minimum Gasteiger partial charge on any atom is -0.106 e. The van der Waals surface area contributed by atoms with Crippen LogP contribution in [0.25, 0.3) is 0 Å². The van der Waals surface area contributed by atoms with E-state index >= 15 is 0 Å². The van der Waals surface area contributed by atoms with Crippen molar-refractivity contribution in [2.75, 3.05) is 0 Å². The Bertz CT molecular complexity index is 216. The number of allylic oxidation sites excluding steroid dienone is 6. The fourth-order valence-electron chi connectivity index (χ4n) is 0.930. The van der Waals surface area contributed by atoms with E-state index in [0.29, 0.717) is 0 Å². The molecule has 0 aliphatic heterocycles. The highest BCUT2D eigenvalue weighted by molar-refractivity contribution is 5.26. The molecular formula is C18H34. The lowest BCUT2D eigenvalue weighted by molar-refractivity contribution is 1.18. The fourth-order valence-corrected chi connectivity index (χ4v) is 0.930. The van der Waals surface area contributed by atoms with Gasteiger partial charge in [0.2, 0.25) is 0 Å². The summed E-state index contributed by atoms with van der Waals surface area (Å²) in [5.41, 5.74) is 2.24. The molecule has 0 saturated heterocycles. The molecule has 0 bridgehead atoms. The predicted octanol–water partition coefficient (Wildman–Crippen LogP) is 6.89. The maximum absolute atomic E-state index is 3.93. The van der Waals surface area contributed by atoms with Crippen LogP contribution in [-0.2, 0) is 0 Å². The van der Waals surface area contributed by atoms with Crippen LogP contribution in [0.3, 0.4) is 0 Å². The zero-order chi connectivity index (χ0) is 15.4. The van der Waals surface area contributed by atoms with Crippen molar-refractivity contribution in [2.45, 2.75) is 54.4 Å². The van der Waals surface area contributed by atoms with Gasteiger partial charge in [-0.05, 0) is 19.8 Å². The van der Waals surface area contributed by atoms with Gasteiger partial charge in [0, 0.05) is 0 Å². The maximum Gasteiger partial charge on any atom is -0.00377 e. The summed E-state index contributed by atoms with van der Waals surface area (Å²) in [6.45, 7) is 26.0. The van der Waals surface area contributed by atoms with Gasteiger partial charge in [0.15, 0.2) is 0 Å². The molecule has 0 heterocycles. The maximum atomic E-state index is 3.93. The van der Waals surface area contributed by atoms with Crippen LogP contribution in [0.4, 0.5) is 0 Å². The van der Waals surface area contributed by atoms with Gasteiger partial charge in [-0.15, -0.1) is 13.2 Å². The van der Waals surface area contributed by atoms with E-state index in [2.05, 4.69) is 45.4 Å². The van der Waals surface area contributed by atoms with Crippen molar-refractivity contribution in [3.63, 3.8) is 0 Å². The third kappa shape index (κ3) is 29.3. The van der Waals surface area contributed by atoms with Gasteiger partial charge < -0.3 is 0 Å². The topological polar surface area (TPSA) is 0 Å². The van der Waals surface area contributed by atoms with Crippen molar-refractivity contribution in [2.24, 2.45) is 0 Å². The van der Waals surface area contributed by atoms with E-state index in [9.17, 15) is 0 Å². The second kappa shape index (κ2) is 29.6. The monoisotopic (exact) mass is 250 g/mol. The van der Waals surface area contributed by atoms with E-state index in [4.69, 9.17) is 0 Å². The van der Waals surface area contributed by atoms with E-state index < -0.39 is 0 Å². The smallest absolute Gasteiger partial charge is 0.00377 e. The molecule has 0 aromatic heterocycles. The van der Waals surface area contributed by atoms with E-state index in [1.807, 2.05) is 46.8 Å². The van der Waals surface area contributed by atoms with E-state index in [1.165, 1.54) is 0 Å². The number of rotatable bonds is 5. The molecule has 0 atom stereocenters. The Balaban J connectivity index is -0.000000141. The minimum atomic E-state index is 0.876. The Morgan fingerprint density at radius 1 is 0.889 bits per heavy atom. The van der Waals surface area contributed by atoms with Crippen LogP contribution < -0.4 is 0 Å². The van der Waals surface area contributed by atoms with Gasteiger partial charge >= 0.3 is 0 Å². The van der Waals surface area contributed by atoms with Gasteiger partial charge in [-0.1, -0.05) is 83.2 Å². The summed E-state index contributed by atoms with van der Waals surface area (Å²) in [5, 5.41) is 0. The van der Waals surface area contributed by atoms with Gasteiger partial charge in [0.25, 0.3) is 0 Å². The molecule has 106 valence electrons. The van der Waals surface area contributed by atoms with Crippen LogP contribution in [-0.4, -0.2) is 0 Å². The zero-order valence-corrected chi connectivity index (χ0v) is 13.6. The Morgan fingerprint density at radius 3 is 1.61 bits per heavy atom.